The van der Waals surface area contributed by atoms with Crippen molar-refractivity contribution in [2.24, 2.45) is 0 Å². The molecule has 0 spiro atoms. The first kappa shape index (κ1) is 31.4. The molecule has 0 radical (unpaired) electrons. The number of nitrogens with zero attached hydrogens (tertiary/aromatic N) is 5. The smallest absolute Gasteiger partial charge is 0.350 e. The Morgan fingerprint density at radius 1 is 1.19 bits per heavy atom. The van der Waals surface area contributed by atoms with E-state index in [2.05, 4.69) is 11.6 Å². The van der Waals surface area contributed by atoms with Crippen LogP contribution in [0.1, 0.15) is 19.4 Å². The SMILES string of the molecule is C=CC(=O)N1[C@H](C)CN(c2nc(=O)n3c4c(c(-c5cc(Cl)c(F)cc5F)c(C)cc24)SC[C@@H](OCCN(C)C)C3)C[C@@H]1C. The molecule has 3 atom stereocenters. The monoisotopic (exact) mass is 631 g/mol. The van der Waals surface area contributed by atoms with Crippen LogP contribution in [0.5, 0.6) is 0 Å². The minimum absolute atomic E-state index is 0.141. The normalized spacial score (nSPS) is 20.5. The summed E-state index contributed by atoms with van der Waals surface area (Å²) in [6.45, 7) is 11.8. The zero-order chi connectivity index (χ0) is 31.2. The lowest BCUT2D eigenvalue weighted by Crippen LogP contribution is -2.58. The summed E-state index contributed by atoms with van der Waals surface area (Å²) >= 11 is 7.61. The fourth-order valence-corrected chi connectivity index (χ4v) is 7.58. The lowest BCUT2D eigenvalue weighted by Gasteiger charge is -2.44. The van der Waals surface area contributed by atoms with Crippen molar-refractivity contribution in [3.05, 3.63) is 63.6 Å². The number of thioether (sulfide) groups is 1. The molecule has 2 aliphatic rings. The third-order valence-corrected chi connectivity index (χ3v) is 9.53. The van der Waals surface area contributed by atoms with Gasteiger partial charge in [-0.3, -0.25) is 9.36 Å². The Morgan fingerprint density at radius 2 is 1.88 bits per heavy atom. The van der Waals surface area contributed by atoms with Crippen molar-refractivity contribution in [2.45, 2.75) is 50.4 Å². The van der Waals surface area contributed by atoms with Crippen LogP contribution in [0.25, 0.3) is 22.0 Å². The predicted molar refractivity (Wildman–Crippen MR) is 168 cm³/mol. The molecule has 1 aromatic heterocycles. The van der Waals surface area contributed by atoms with E-state index in [9.17, 15) is 14.0 Å². The van der Waals surface area contributed by atoms with Gasteiger partial charge in [0.25, 0.3) is 0 Å². The highest BCUT2D eigenvalue weighted by Gasteiger charge is 2.35. The fraction of sp³-hybridized carbons (Fsp3) is 0.452. The van der Waals surface area contributed by atoms with E-state index in [1.807, 2.05) is 50.7 Å². The van der Waals surface area contributed by atoms with Crippen LogP contribution in [-0.4, -0.2) is 89.5 Å². The van der Waals surface area contributed by atoms with Crippen LogP contribution in [0.2, 0.25) is 5.02 Å². The summed E-state index contributed by atoms with van der Waals surface area (Å²) in [6.07, 6.45) is 1.02. The van der Waals surface area contributed by atoms with Gasteiger partial charge in [0.15, 0.2) is 0 Å². The summed E-state index contributed by atoms with van der Waals surface area (Å²) in [6, 6.07) is 3.71. The van der Waals surface area contributed by atoms with Gasteiger partial charge in [0, 0.05) is 64.9 Å². The summed E-state index contributed by atoms with van der Waals surface area (Å²) < 4.78 is 37.3. The Kier molecular flexibility index (Phi) is 9.18. The molecule has 8 nitrogen and oxygen atoms in total. The van der Waals surface area contributed by atoms with Gasteiger partial charge in [-0.1, -0.05) is 18.2 Å². The molecule has 1 saturated heterocycles. The van der Waals surface area contributed by atoms with Gasteiger partial charge in [-0.05, 0) is 58.6 Å². The lowest BCUT2D eigenvalue weighted by atomic mass is 9.97. The minimum Gasteiger partial charge on any atom is -0.374 e. The number of hydrogen-bond donors (Lipinski definition) is 0. The van der Waals surface area contributed by atoms with Gasteiger partial charge in [0.05, 0.1) is 29.8 Å². The number of piperazine rings is 1. The molecule has 12 heteroatoms. The van der Waals surface area contributed by atoms with Crippen molar-refractivity contribution >= 4 is 46.0 Å². The molecule has 1 amide bonds. The van der Waals surface area contributed by atoms with Gasteiger partial charge in [0.2, 0.25) is 5.91 Å². The van der Waals surface area contributed by atoms with Crippen LogP contribution in [0.4, 0.5) is 14.6 Å². The number of amides is 1. The van der Waals surface area contributed by atoms with Crippen molar-refractivity contribution in [3.8, 4) is 11.1 Å². The highest BCUT2D eigenvalue weighted by molar-refractivity contribution is 7.99. The average molecular weight is 632 g/mol. The molecule has 0 unspecified atom stereocenters. The number of benzene rings is 2. The van der Waals surface area contributed by atoms with E-state index in [1.165, 1.54) is 23.9 Å². The summed E-state index contributed by atoms with van der Waals surface area (Å²) in [5, 5.41) is 0.558. The second-order valence-electron chi connectivity index (χ2n) is 11.5. The number of carbonyl (C=O) groups is 1. The Bertz CT molecular complexity index is 1640. The van der Waals surface area contributed by atoms with Crippen molar-refractivity contribution in [1.29, 1.82) is 0 Å². The van der Waals surface area contributed by atoms with E-state index >= 15 is 4.39 Å². The maximum atomic E-state index is 15.4. The number of ether oxygens (including phenoxy) is 1. The third kappa shape index (κ3) is 6.05. The van der Waals surface area contributed by atoms with Gasteiger partial charge >= 0.3 is 5.69 Å². The molecular formula is C31H36ClF2N5O3S. The van der Waals surface area contributed by atoms with Gasteiger partial charge in [0.1, 0.15) is 17.5 Å². The van der Waals surface area contributed by atoms with E-state index in [-0.39, 0.29) is 41.2 Å². The number of hydrogen-bond acceptors (Lipinski definition) is 7. The lowest BCUT2D eigenvalue weighted by molar-refractivity contribution is -0.130. The molecule has 2 aliphatic heterocycles. The van der Waals surface area contributed by atoms with Gasteiger partial charge < -0.3 is 19.4 Å². The minimum atomic E-state index is -0.838. The predicted octanol–water partition coefficient (Wildman–Crippen LogP) is 4.97. The van der Waals surface area contributed by atoms with Crippen molar-refractivity contribution in [1.82, 2.24) is 19.4 Å². The second-order valence-corrected chi connectivity index (χ2v) is 13.0. The summed E-state index contributed by atoms with van der Waals surface area (Å²) in [5.41, 5.74) is 1.64. The first-order valence-corrected chi connectivity index (χ1v) is 15.6. The number of likely N-dealkylation sites (N-methyl/N-ethyl adjacent to an activating group) is 1. The van der Waals surface area contributed by atoms with Crippen LogP contribution >= 0.6 is 23.4 Å². The number of halogens is 3. The largest absolute Gasteiger partial charge is 0.374 e. The maximum absolute atomic E-state index is 15.4. The Balaban J connectivity index is 1.70. The first-order chi connectivity index (χ1) is 20.4. The molecule has 43 heavy (non-hydrogen) atoms. The molecule has 0 saturated carbocycles. The molecule has 2 aromatic carbocycles. The molecule has 3 aromatic rings. The van der Waals surface area contributed by atoms with Gasteiger partial charge in [-0.15, -0.1) is 11.8 Å². The quantitative estimate of drug-likeness (QED) is 0.270. The molecule has 3 heterocycles. The van der Waals surface area contributed by atoms with Gasteiger partial charge in [-0.25, -0.2) is 13.6 Å². The molecule has 0 aliphatic carbocycles. The fourth-order valence-electron chi connectivity index (χ4n) is 6.09. The zero-order valence-electron chi connectivity index (χ0n) is 25.0. The first-order valence-electron chi connectivity index (χ1n) is 14.2. The van der Waals surface area contributed by atoms with E-state index in [0.717, 1.165) is 23.6 Å². The van der Waals surface area contributed by atoms with Crippen molar-refractivity contribution in [3.63, 3.8) is 0 Å². The highest BCUT2D eigenvalue weighted by Crippen LogP contribution is 2.45. The van der Waals surface area contributed by atoms with E-state index < -0.39 is 17.3 Å². The average Bonchev–Trinajstić information content (AvgIpc) is 3.13. The Labute approximate surface area is 259 Å². The van der Waals surface area contributed by atoms with Crippen LogP contribution in [0.15, 0.2) is 40.5 Å². The van der Waals surface area contributed by atoms with Gasteiger partial charge in [-0.2, -0.15) is 4.98 Å². The zero-order valence-corrected chi connectivity index (χ0v) is 26.6. The van der Waals surface area contributed by atoms with Crippen LogP contribution < -0.4 is 10.6 Å². The van der Waals surface area contributed by atoms with Crippen LogP contribution in [0, 0.1) is 18.6 Å². The Hall–Kier alpha value is -2.99. The van der Waals surface area contributed by atoms with E-state index in [4.69, 9.17) is 16.3 Å². The Morgan fingerprint density at radius 3 is 2.53 bits per heavy atom. The topological polar surface area (TPSA) is 70.9 Å². The molecule has 0 bridgehead atoms. The molecule has 1 fully saturated rings. The summed E-state index contributed by atoms with van der Waals surface area (Å²) in [5.74, 6) is -0.685. The van der Waals surface area contributed by atoms with Crippen molar-refractivity contribution in [2.75, 3.05) is 51.0 Å². The molecule has 0 N–H and O–H groups in total. The number of anilines is 1. The number of carbonyl (C=O) groups excluding carboxylic acids is 1. The molecule has 5 rings (SSSR count). The van der Waals surface area contributed by atoms with E-state index in [1.54, 1.807) is 9.47 Å². The summed E-state index contributed by atoms with van der Waals surface area (Å²) in [7, 11) is 3.92. The van der Waals surface area contributed by atoms with Crippen molar-refractivity contribution < 1.29 is 18.3 Å². The maximum Gasteiger partial charge on any atom is 0.350 e. The van der Waals surface area contributed by atoms with Crippen LogP contribution in [-0.2, 0) is 16.1 Å². The van der Waals surface area contributed by atoms with Crippen LogP contribution in [0.3, 0.4) is 0 Å². The number of rotatable bonds is 7. The molecular weight excluding hydrogens is 596 g/mol. The standard InChI is InChI=1S/C31H36ClF2N5O3S/c1-7-26(40)39-18(3)13-37(14-19(39)4)30-22-10-17(2)27(21-11-23(32)25(34)12-24(21)33)29-28(22)38(31(41)35-30)15-20(16-43-29)42-9-8-36(5)6/h7,10-12,18-20H,1,8-9,13-16H2,2-6H3/t18-,19+,20-/m0/s1. The van der Waals surface area contributed by atoms with E-state index in [0.29, 0.717) is 47.2 Å². The summed E-state index contributed by atoms with van der Waals surface area (Å²) in [4.78, 5) is 37.5. The number of aromatic nitrogens is 2. The molecule has 230 valence electrons. The second kappa shape index (κ2) is 12.6. The number of aryl methyl sites for hydroxylation is 1. The third-order valence-electron chi connectivity index (χ3n) is 8.01. The highest BCUT2D eigenvalue weighted by atomic mass is 35.5.